The van der Waals surface area contributed by atoms with Gasteiger partial charge in [-0.15, -0.1) is 0 Å². The molecule has 4 aliphatic rings. The maximum absolute atomic E-state index is 14.3. The first-order valence-corrected chi connectivity index (χ1v) is 28.2. The molecule has 0 bridgehead atoms. The Morgan fingerprint density at radius 1 is 0.679 bits per heavy atom. The number of hydrogen-bond donors (Lipinski definition) is 5. The van der Waals surface area contributed by atoms with Crippen LogP contribution in [0.25, 0.3) is 49.7 Å². The van der Waals surface area contributed by atoms with Gasteiger partial charge in [0.25, 0.3) is 24.5 Å². The summed E-state index contributed by atoms with van der Waals surface area (Å²) in [5.41, 5.74) is 11.4. The number of nitrogens with zero attached hydrogens (tertiary/aromatic N) is 5. The standard InChI is InChI=1S/C57H49N10O9PS/c1-63-50-9-5-6-10-51(50)78-53(63)25-32-17-21-64(46-8-4-3-7-33(32)46)31-75-57(72)58-29-52(68)65-22-18-34-38-27-44(61-41(38)11-14-47(34)65)55(70)67-24-20-36-39-28-45(62-42(39)13-16-49(36)67)56(71)66-23-19-35-37-26-43(60-40(37)12-15-48(35)66)54(69)59-30-76-77(2,73)74/h3-17,21,25-28H,18-20,22-24,29-31H2,1-2H3,(H5-,58,59,60,61,62,69,70,71,72,73,74). The number of H-pyrrole nitrogens is 3. The number of pyridine rings is 1. The van der Waals surface area contributed by atoms with E-state index in [1.807, 2.05) is 102 Å². The highest BCUT2D eigenvalue weighted by Gasteiger charge is 2.34. The second kappa shape index (κ2) is 19.1. The molecule has 78 heavy (non-hydrogen) atoms. The molecule has 0 radical (unpaired) electrons. The second-order valence-electron chi connectivity index (χ2n) is 19.7. The van der Waals surface area contributed by atoms with E-state index in [0.717, 1.165) is 94.8 Å². The van der Waals surface area contributed by atoms with Crippen molar-refractivity contribution in [2.45, 2.75) is 30.9 Å². The number of fused-ring (bicyclic) bond motifs is 11. The zero-order chi connectivity index (χ0) is 53.6. The minimum absolute atomic E-state index is 0.0577. The number of rotatable bonds is 11. The van der Waals surface area contributed by atoms with Crippen LogP contribution in [0.15, 0.2) is 125 Å². The maximum Gasteiger partial charge on any atom is 0.412 e. The van der Waals surface area contributed by atoms with Gasteiger partial charge in [0, 0.05) is 100 Å². The molecule has 21 heteroatoms. The molecule has 1 atom stereocenters. The molecule has 392 valence electrons. The van der Waals surface area contributed by atoms with Gasteiger partial charge >= 0.3 is 6.09 Å². The zero-order valence-corrected chi connectivity index (χ0v) is 43.9. The van der Waals surface area contributed by atoms with E-state index in [1.165, 1.54) is 4.90 Å². The topological polar surface area (TPSA) is 232 Å². The smallest absolute Gasteiger partial charge is 0.412 e. The van der Waals surface area contributed by atoms with E-state index in [0.29, 0.717) is 55.8 Å². The van der Waals surface area contributed by atoms with Gasteiger partial charge in [0.15, 0.2) is 6.20 Å². The van der Waals surface area contributed by atoms with Crippen LogP contribution in [0.3, 0.4) is 0 Å². The van der Waals surface area contributed by atoms with E-state index < -0.39 is 26.3 Å². The lowest BCUT2D eigenvalue weighted by Crippen LogP contribution is -2.42. The third-order valence-electron chi connectivity index (χ3n) is 15.1. The number of nitrogens with one attached hydrogen (secondary N) is 5. The molecule has 0 aliphatic carbocycles. The van der Waals surface area contributed by atoms with E-state index in [1.54, 1.807) is 32.5 Å². The van der Waals surface area contributed by atoms with E-state index in [9.17, 15) is 33.4 Å². The molecule has 1 unspecified atom stereocenters. The third kappa shape index (κ3) is 8.62. The first-order valence-electron chi connectivity index (χ1n) is 25.4. The van der Waals surface area contributed by atoms with E-state index in [-0.39, 0.29) is 36.7 Å². The summed E-state index contributed by atoms with van der Waals surface area (Å²) in [6, 6.07) is 34.8. The number of aromatic amines is 3. The van der Waals surface area contributed by atoms with Gasteiger partial charge in [-0.3, -0.25) is 19.2 Å². The number of benzene rings is 5. The number of hydrogen-bond acceptors (Lipinski definition) is 11. The number of thioether (sulfide) groups is 1. The van der Waals surface area contributed by atoms with Gasteiger partial charge in [0.2, 0.25) is 11.4 Å². The molecule has 5 amide bonds. The van der Waals surface area contributed by atoms with Crippen LogP contribution in [0.4, 0.5) is 27.5 Å². The first kappa shape index (κ1) is 48.9. The van der Waals surface area contributed by atoms with Crippen LogP contribution >= 0.6 is 19.4 Å². The molecule has 13 rings (SSSR count). The maximum atomic E-state index is 14.3. The highest BCUT2D eigenvalue weighted by Crippen LogP contribution is 2.46. The minimum atomic E-state index is -4.01. The summed E-state index contributed by atoms with van der Waals surface area (Å²) in [5, 5.41) is 9.68. The lowest BCUT2D eigenvalue weighted by Gasteiger charge is -2.17. The van der Waals surface area contributed by atoms with Gasteiger partial charge in [-0.25, -0.2) is 4.79 Å². The number of anilines is 4. The van der Waals surface area contributed by atoms with Gasteiger partial charge in [0.05, 0.1) is 16.1 Å². The van der Waals surface area contributed by atoms with Crippen molar-refractivity contribution < 1.29 is 47.3 Å². The van der Waals surface area contributed by atoms with Gasteiger partial charge < -0.3 is 63.9 Å². The summed E-state index contributed by atoms with van der Waals surface area (Å²) in [5.74, 6) is -1.23. The highest BCUT2D eigenvalue weighted by molar-refractivity contribution is 8.03. The quantitative estimate of drug-likeness (QED) is 0.0479. The average Bonchev–Trinajstić information content (AvgIpc) is 4.46. The lowest BCUT2D eigenvalue weighted by atomic mass is 10.1. The minimum Gasteiger partial charge on any atom is -0.779 e. The van der Waals surface area contributed by atoms with Gasteiger partial charge in [-0.1, -0.05) is 36.0 Å². The molecule has 8 heterocycles. The Balaban J connectivity index is 0.650. The Kier molecular flexibility index (Phi) is 12.0. The zero-order valence-electron chi connectivity index (χ0n) is 42.2. The van der Waals surface area contributed by atoms with Crippen molar-refractivity contribution in [3.8, 4) is 0 Å². The second-order valence-corrected chi connectivity index (χ2v) is 22.5. The predicted octanol–water partition coefficient (Wildman–Crippen LogP) is 7.68. The van der Waals surface area contributed by atoms with Crippen LogP contribution in [0.1, 0.15) is 53.7 Å². The molecular weight excluding hydrogens is 1030 g/mol. The number of carbonyl (C=O) groups excluding carboxylic acids is 5. The van der Waals surface area contributed by atoms with Crippen LogP contribution < -0.4 is 39.7 Å². The average molecular weight is 1080 g/mol. The Hall–Kier alpha value is -8.68. The first-order chi connectivity index (χ1) is 37.7. The van der Waals surface area contributed by atoms with Crippen LogP contribution in [0.2, 0.25) is 0 Å². The SMILES string of the molecule is CN1/C(=C/c2cc[n+](COC(=O)NCC(=O)N3CCc4c3ccc3[nH]c(C(=O)N5CCc6c5ccc5[nH]c(C(=O)N7CCc8c7ccc7[nH]c(C(=O)NCOP(C)(=O)[O-])cc87)cc65)cc43)c3ccccc23)Sc2ccccc21. The largest absolute Gasteiger partial charge is 0.779 e. The van der Waals surface area contributed by atoms with Crippen molar-refractivity contribution in [2.24, 2.45) is 0 Å². The number of amides is 5. The molecule has 9 aromatic rings. The Morgan fingerprint density at radius 2 is 1.23 bits per heavy atom. The van der Waals surface area contributed by atoms with Gasteiger partial charge in [-0.2, -0.15) is 4.57 Å². The van der Waals surface area contributed by atoms with Crippen molar-refractivity contribution in [3.63, 3.8) is 0 Å². The summed E-state index contributed by atoms with van der Waals surface area (Å²) in [6.45, 7) is 1.40. The molecule has 0 fully saturated rings. The number of aromatic nitrogens is 4. The molecule has 0 saturated carbocycles. The van der Waals surface area contributed by atoms with E-state index in [4.69, 9.17) is 4.74 Å². The van der Waals surface area contributed by atoms with Crippen molar-refractivity contribution >= 4 is 122 Å². The molecule has 0 spiro atoms. The Labute approximate surface area is 449 Å². The summed E-state index contributed by atoms with van der Waals surface area (Å²) in [4.78, 5) is 97.6. The summed E-state index contributed by atoms with van der Waals surface area (Å²) >= 11 is 1.72. The Morgan fingerprint density at radius 3 is 1.85 bits per heavy atom. The van der Waals surface area contributed by atoms with Crippen molar-refractivity contribution in [1.29, 1.82) is 0 Å². The third-order valence-corrected chi connectivity index (χ3v) is 16.8. The van der Waals surface area contributed by atoms with Gasteiger partial charge in [-0.05, 0) is 120 Å². The fourth-order valence-electron chi connectivity index (χ4n) is 11.3. The van der Waals surface area contributed by atoms with Crippen LogP contribution in [-0.2, 0) is 44.6 Å². The molecule has 5 N–H and O–H groups in total. The predicted molar refractivity (Wildman–Crippen MR) is 296 cm³/mol. The van der Waals surface area contributed by atoms with Crippen molar-refractivity contribution in [2.75, 3.05) is 66.2 Å². The monoisotopic (exact) mass is 1080 g/mol. The molecule has 4 aliphatic heterocycles. The van der Waals surface area contributed by atoms with Gasteiger partial charge in [0.1, 0.15) is 38.0 Å². The van der Waals surface area contributed by atoms with Crippen molar-refractivity contribution in [1.82, 2.24) is 25.6 Å². The fraction of sp³-hybridized carbons (Fsp3) is 0.193. The number of ether oxygens (including phenoxy) is 1. The van der Waals surface area contributed by atoms with Crippen molar-refractivity contribution in [3.05, 3.63) is 160 Å². The fourth-order valence-corrected chi connectivity index (χ4v) is 12.7. The molecule has 4 aromatic heterocycles. The van der Waals surface area contributed by atoms with E-state index in [2.05, 4.69) is 60.3 Å². The summed E-state index contributed by atoms with van der Waals surface area (Å²) < 4.78 is 23.5. The number of para-hydroxylation sites is 2. The number of alkyl carbamates (subject to hydrolysis) is 1. The highest BCUT2D eigenvalue weighted by atomic mass is 32.2. The lowest BCUT2D eigenvalue weighted by molar-refractivity contribution is -0.703. The van der Waals surface area contributed by atoms with E-state index >= 15 is 0 Å². The normalized spacial score (nSPS) is 15.8. The summed E-state index contributed by atoms with van der Waals surface area (Å²) in [7, 11) is -1.95. The summed E-state index contributed by atoms with van der Waals surface area (Å²) in [6.07, 6.45) is 5.05. The Bertz CT molecular complexity index is 4140. The number of carbonyl (C=O) groups is 5. The van der Waals surface area contributed by atoms with Crippen LogP contribution in [0, 0.1) is 0 Å². The van der Waals surface area contributed by atoms with Crippen LogP contribution in [0.5, 0.6) is 0 Å². The van der Waals surface area contributed by atoms with Crippen LogP contribution in [-0.4, -0.2) is 91.3 Å². The molecule has 0 saturated heterocycles. The molecule has 19 nitrogen and oxygen atoms in total. The molecule has 5 aromatic carbocycles. The molecular formula is C57H49N10O9PS.